The van der Waals surface area contributed by atoms with Crippen molar-refractivity contribution in [3.63, 3.8) is 0 Å². The van der Waals surface area contributed by atoms with Crippen molar-refractivity contribution >= 4 is 11.4 Å². The minimum Gasteiger partial charge on any atom is -0.382 e. The first kappa shape index (κ1) is 14.0. The second-order valence-corrected chi connectivity index (χ2v) is 4.24. The number of hydrogen-bond acceptors (Lipinski definition) is 5. The standard InChI is InChI=1S/C13H17N5O2/c1-4-11-15-12(5-2)17(16-11)10-8-6-7-9(14-3)13(10)18(19)20/h6-8,14H,4-5H2,1-3H3. The maximum absolute atomic E-state index is 11.4. The third kappa shape index (κ3) is 2.34. The van der Waals surface area contributed by atoms with Crippen molar-refractivity contribution in [2.75, 3.05) is 12.4 Å². The Kier molecular flexibility index (Phi) is 3.97. The molecule has 1 N–H and O–H groups in total. The summed E-state index contributed by atoms with van der Waals surface area (Å²) in [6.45, 7) is 3.91. The highest BCUT2D eigenvalue weighted by Crippen LogP contribution is 2.31. The summed E-state index contributed by atoms with van der Waals surface area (Å²) in [6.07, 6.45) is 1.35. The van der Waals surface area contributed by atoms with Gasteiger partial charge in [0.2, 0.25) is 0 Å². The van der Waals surface area contributed by atoms with Gasteiger partial charge in [0.1, 0.15) is 17.2 Å². The van der Waals surface area contributed by atoms with Gasteiger partial charge in [-0.25, -0.2) is 9.67 Å². The van der Waals surface area contributed by atoms with Crippen LogP contribution >= 0.6 is 0 Å². The Morgan fingerprint density at radius 3 is 2.65 bits per heavy atom. The highest BCUT2D eigenvalue weighted by Gasteiger charge is 2.23. The average Bonchev–Trinajstić information content (AvgIpc) is 2.89. The van der Waals surface area contributed by atoms with Crippen LogP contribution in [0.5, 0.6) is 0 Å². The zero-order chi connectivity index (χ0) is 14.7. The van der Waals surface area contributed by atoms with Crippen molar-refractivity contribution in [2.24, 2.45) is 0 Å². The average molecular weight is 275 g/mol. The molecule has 0 amide bonds. The number of nitro benzene ring substituents is 1. The molecule has 0 unspecified atom stereocenters. The van der Waals surface area contributed by atoms with Crippen LogP contribution in [0.15, 0.2) is 18.2 Å². The van der Waals surface area contributed by atoms with E-state index in [4.69, 9.17) is 0 Å². The Morgan fingerprint density at radius 1 is 1.35 bits per heavy atom. The van der Waals surface area contributed by atoms with Crippen LogP contribution in [0.25, 0.3) is 5.69 Å². The minimum absolute atomic E-state index is 0.0113. The normalized spacial score (nSPS) is 10.6. The predicted octanol–water partition coefficient (Wildman–Crippen LogP) is 2.34. The van der Waals surface area contributed by atoms with E-state index in [1.54, 1.807) is 29.9 Å². The fraction of sp³-hybridized carbons (Fsp3) is 0.385. The maximum Gasteiger partial charge on any atom is 0.317 e. The van der Waals surface area contributed by atoms with Gasteiger partial charge in [0, 0.05) is 19.9 Å². The number of anilines is 1. The molecule has 1 aromatic heterocycles. The third-order valence-electron chi connectivity index (χ3n) is 3.05. The molecule has 1 heterocycles. The van der Waals surface area contributed by atoms with Gasteiger partial charge >= 0.3 is 5.69 Å². The van der Waals surface area contributed by atoms with E-state index in [9.17, 15) is 10.1 Å². The van der Waals surface area contributed by atoms with Crippen LogP contribution in [0.3, 0.4) is 0 Å². The lowest BCUT2D eigenvalue weighted by Gasteiger charge is -2.08. The molecule has 0 atom stereocenters. The molecule has 7 heteroatoms. The van der Waals surface area contributed by atoms with Crippen LogP contribution < -0.4 is 5.32 Å². The summed E-state index contributed by atoms with van der Waals surface area (Å²) in [5.74, 6) is 1.41. The van der Waals surface area contributed by atoms with E-state index in [1.165, 1.54) is 0 Å². The van der Waals surface area contributed by atoms with Crippen LogP contribution in [0.1, 0.15) is 25.5 Å². The van der Waals surface area contributed by atoms with Gasteiger partial charge in [0.15, 0.2) is 5.82 Å². The van der Waals surface area contributed by atoms with E-state index >= 15 is 0 Å². The molecule has 0 radical (unpaired) electrons. The van der Waals surface area contributed by atoms with E-state index in [0.29, 0.717) is 30.0 Å². The van der Waals surface area contributed by atoms with E-state index in [1.807, 2.05) is 13.8 Å². The summed E-state index contributed by atoms with van der Waals surface area (Å²) in [6, 6.07) is 5.12. The molecule has 0 aliphatic heterocycles. The van der Waals surface area contributed by atoms with Crippen molar-refractivity contribution in [2.45, 2.75) is 26.7 Å². The van der Waals surface area contributed by atoms with Gasteiger partial charge in [0.25, 0.3) is 0 Å². The number of nitro groups is 1. The quantitative estimate of drug-likeness (QED) is 0.668. The van der Waals surface area contributed by atoms with Crippen molar-refractivity contribution in [3.05, 3.63) is 40.0 Å². The zero-order valence-electron chi connectivity index (χ0n) is 11.8. The molecule has 0 aliphatic carbocycles. The fourth-order valence-corrected chi connectivity index (χ4v) is 2.06. The topological polar surface area (TPSA) is 85.9 Å². The molecule has 7 nitrogen and oxygen atoms in total. The fourth-order valence-electron chi connectivity index (χ4n) is 2.06. The molecule has 0 aliphatic rings. The molecule has 106 valence electrons. The maximum atomic E-state index is 11.4. The monoisotopic (exact) mass is 275 g/mol. The molecule has 0 saturated heterocycles. The summed E-state index contributed by atoms with van der Waals surface area (Å²) < 4.78 is 1.57. The first-order valence-electron chi connectivity index (χ1n) is 6.52. The van der Waals surface area contributed by atoms with E-state index in [-0.39, 0.29) is 5.69 Å². The molecule has 2 aromatic rings. The first-order chi connectivity index (χ1) is 9.62. The van der Waals surface area contributed by atoms with Crippen LogP contribution in [-0.4, -0.2) is 26.7 Å². The van der Waals surface area contributed by atoms with Crippen molar-refractivity contribution in [1.82, 2.24) is 14.8 Å². The Bertz CT molecular complexity index is 636. The van der Waals surface area contributed by atoms with E-state index in [0.717, 1.165) is 5.82 Å². The minimum atomic E-state index is -0.395. The smallest absolute Gasteiger partial charge is 0.317 e. The summed E-state index contributed by atoms with van der Waals surface area (Å²) in [4.78, 5) is 15.3. The van der Waals surface area contributed by atoms with Gasteiger partial charge in [0.05, 0.1) is 4.92 Å². The summed E-state index contributed by atoms with van der Waals surface area (Å²) in [7, 11) is 1.66. The highest BCUT2D eigenvalue weighted by molar-refractivity contribution is 5.70. The lowest BCUT2D eigenvalue weighted by molar-refractivity contribution is -0.383. The molecular formula is C13H17N5O2. The molecule has 0 bridgehead atoms. The largest absolute Gasteiger partial charge is 0.382 e. The van der Waals surface area contributed by atoms with E-state index in [2.05, 4.69) is 15.4 Å². The number of hydrogen-bond donors (Lipinski definition) is 1. The second kappa shape index (κ2) is 5.68. The van der Waals surface area contributed by atoms with Gasteiger partial charge in [-0.2, -0.15) is 5.10 Å². The summed E-state index contributed by atoms with van der Waals surface area (Å²) in [5, 5.41) is 18.6. The SMILES string of the molecule is CCc1nc(CC)n(-c2cccc(NC)c2[N+](=O)[O-])n1. The van der Waals surface area contributed by atoms with Crippen molar-refractivity contribution < 1.29 is 4.92 Å². The predicted molar refractivity (Wildman–Crippen MR) is 76.3 cm³/mol. The van der Waals surface area contributed by atoms with Gasteiger partial charge < -0.3 is 5.32 Å². The first-order valence-corrected chi connectivity index (χ1v) is 6.52. The summed E-state index contributed by atoms with van der Waals surface area (Å²) >= 11 is 0. The Morgan fingerprint density at radius 2 is 2.10 bits per heavy atom. The molecule has 2 rings (SSSR count). The molecule has 0 spiro atoms. The number of benzene rings is 1. The van der Waals surface area contributed by atoms with Crippen LogP contribution in [0.2, 0.25) is 0 Å². The number of para-hydroxylation sites is 1. The van der Waals surface area contributed by atoms with Crippen LogP contribution in [-0.2, 0) is 12.8 Å². The summed E-state index contributed by atoms with van der Waals surface area (Å²) in [5.41, 5.74) is 0.909. The van der Waals surface area contributed by atoms with Crippen LogP contribution in [0.4, 0.5) is 11.4 Å². The second-order valence-electron chi connectivity index (χ2n) is 4.24. The Balaban J connectivity index is 2.69. The lowest BCUT2D eigenvalue weighted by Crippen LogP contribution is -2.07. The van der Waals surface area contributed by atoms with Crippen molar-refractivity contribution in [1.29, 1.82) is 0 Å². The molecule has 0 fully saturated rings. The molecule has 0 saturated carbocycles. The van der Waals surface area contributed by atoms with Gasteiger partial charge in [-0.05, 0) is 12.1 Å². The van der Waals surface area contributed by atoms with E-state index < -0.39 is 4.92 Å². The third-order valence-corrected chi connectivity index (χ3v) is 3.05. The number of aromatic nitrogens is 3. The van der Waals surface area contributed by atoms with Gasteiger partial charge in [-0.1, -0.05) is 19.9 Å². The van der Waals surface area contributed by atoms with Crippen LogP contribution in [0, 0.1) is 10.1 Å². The molecule has 1 aromatic carbocycles. The molecular weight excluding hydrogens is 258 g/mol. The number of aryl methyl sites for hydroxylation is 2. The van der Waals surface area contributed by atoms with Gasteiger partial charge in [-0.15, -0.1) is 0 Å². The highest BCUT2D eigenvalue weighted by atomic mass is 16.6. The lowest BCUT2D eigenvalue weighted by atomic mass is 10.2. The number of rotatable bonds is 5. The Labute approximate surface area is 116 Å². The number of nitrogens with zero attached hydrogens (tertiary/aromatic N) is 4. The molecule has 20 heavy (non-hydrogen) atoms. The zero-order valence-corrected chi connectivity index (χ0v) is 11.8. The van der Waals surface area contributed by atoms with Gasteiger partial charge in [-0.3, -0.25) is 10.1 Å². The Hall–Kier alpha value is -2.44. The number of nitrogens with one attached hydrogen (secondary N) is 1. The van der Waals surface area contributed by atoms with Crippen molar-refractivity contribution in [3.8, 4) is 5.69 Å².